The van der Waals surface area contributed by atoms with Crippen molar-refractivity contribution in [3.8, 4) is 0 Å². The highest BCUT2D eigenvalue weighted by molar-refractivity contribution is 5.85. The normalized spacial score (nSPS) is 13.0. The van der Waals surface area contributed by atoms with E-state index in [9.17, 15) is 4.79 Å². The van der Waals surface area contributed by atoms with Crippen molar-refractivity contribution in [3.05, 3.63) is 11.6 Å². The van der Waals surface area contributed by atoms with E-state index in [1.807, 2.05) is 6.08 Å². The van der Waals surface area contributed by atoms with Crippen molar-refractivity contribution in [2.24, 2.45) is 0 Å². The Bertz CT molecular complexity index is 209. The average Bonchev–Trinajstić information content (AvgIpc) is 2.20. The molecule has 0 atom stereocenters. The summed E-state index contributed by atoms with van der Waals surface area (Å²) in [5.41, 5.74) is 0.447. The summed E-state index contributed by atoms with van der Waals surface area (Å²) in [6.07, 6.45) is 1.83. The van der Waals surface area contributed by atoms with Gasteiger partial charge in [0.15, 0.2) is 0 Å². The highest BCUT2D eigenvalue weighted by Crippen LogP contribution is 2.07. The summed E-state index contributed by atoms with van der Waals surface area (Å²) in [5, 5.41) is 8.72. The second-order valence-corrected chi connectivity index (χ2v) is 3.67. The summed E-state index contributed by atoms with van der Waals surface area (Å²) in [6, 6.07) is 0. The molecule has 0 aromatic rings. The van der Waals surface area contributed by atoms with E-state index < -0.39 is 5.97 Å². The van der Waals surface area contributed by atoms with E-state index in [0.29, 0.717) is 5.57 Å². The first-order chi connectivity index (χ1) is 6.51. The van der Waals surface area contributed by atoms with Crippen LogP contribution in [0.4, 0.5) is 0 Å². The average molecular weight is 200 g/mol. The van der Waals surface area contributed by atoms with Crippen molar-refractivity contribution in [1.29, 1.82) is 0 Å². The summed E-state index contributed by atoms with van der Waals surface area (Å²) in [4.78, 5) is 10.6. The smallest absolute Gasteiger partial charge is 0.331 e. The summed E-state index contributed by atoms with van der Waals surface area (Å²) in [5.74, 6) is -0.814. The monoisotopic (exact) mass is 200 g/mol. The number of aliphatic carboxylic acids is 1. The second kappa shape index (κ2) is 5.81. The van der Waals surface area contributed by atoms with Crippen molar-refractivity contribution < 1.29 is 14.4 Å². The van der Waals surface area contributed by atoms with E-state index in [2.05, 4.69) is 20.8 Å². The standard InChI is InChI=1S/C11H21NO2/c1-5-12(6-2,7-3)9-8-10(4)11(13)14/h8H,5-7,9H2,1-4H3/p+1. The predicted octanol–water partition coefficient (Wildman–Crippen LogP) is 1.89. The van der Waals surface area contributed by atoms with Crippen LogP contribution in [0.25, 0.3) is 0 Å². The molecule has 0 aliphatic heterocycles. The molecule has 0 aliphatic carbocycles. The lowest BCUT2D eigenvalue weighted by Crippen LogP contribution is -2.47. The topological polar surface area (TPSA) is 37.3 Å². The minimum absolute atomic E-state index is 0.447. The van der Waals surface area contributed by atoms with Crippen LogP contribution in [0.15, 0.2) is 11.6 Å². The van der Waals surface area contributed by atoms with Gasteiger partial charge in [0.1, 0.15) is 0 Å². The van der Waals surface area contributed by atoms with Crippen molar-refractivity contribution in [2.75, 3.05) is 26.2 Å². The van der Waals surface area contributed by atoms with Crippen molar-refractivity contribution in [1.82, 2.24) is 0 Å². The third kappa shape index (κ3) is 3.50. The summed E-state index contributed by atoms with van der Waals surface area (Å²) in [6.45, 7) is 12.1. The minimum atomic E-state index is -0.814. The van der Waals surface area contributed by atoms with Gasteiger partial charge < -0.3 is 9.59 Å². The molecule has 0 unspecified atom stereocenters. The minimum Gasteiger partial charge on any atom is -0.478 e. The van der Waals surface area contributed by atoms with E-state index in [1.54, 1.807) is 6.92 Å². The largest absolute Gasteiger partial charge is 0.478 e. The Kier molecular flexibility index (Phi) is 5.46. The van der Waals surface area contributed by atoms with E-state index in [0.717, 1.165) is 30.7 Å². The first-order valence-corrected chi connectivity index (χ1v) is 5.26. The number of quaternary nitrogens is 1. The zero-order valence-corrected chi connectivity index (χ0v) is 9.71. The zero-order valence-electron chi connectivity index (χ0n) is 9.71. The van der Waals surface area contributed by atoms with Crippen molar-refractivity contribution >= 4 is 5.97 Å². The highest BCUT2D eigenvalue weighted by atomic mass is 16.4. The third-order valence-corrected chi connectivity index (χ3v) is 3.13. The molecule has 0 spiro atoms. The van der Waals surface area contributed by atoms with Crippen LogP contribution >= 0.6 is 0 Å². The fraction of sp³-hybridized carbons (Fsp3) is 0.727. The molecule has 3 nitrogen and oxygen atoms in total. The molecule has 0 heterocycles. The zero-order chi connectivity index (χ0) is 11.2. The van der Waals surface area contributed by atoms with Gasteiger partial charge in [0.2, 0.25) is 0 Å². The first-order valence-electron chi connectivity index (χ1n) is 5.26. The highest BCUT2D eigenvalue weighted by Gasteiger charge is 2.19. The van der Waals surface area contributed by atoms with E-state index in [-0.39, 0.29) is 0 Å². The van der Waals surface area contributed by atoms with Gasteiger partial charge in [-0.2, -0.15) is 0 Å². The molecule has 0 radical (unpaired) electrons. The molecule has 82 valence electrons. The molecule has 0 rings (SSSR count). The second-order valence-electron chi connectivity index (χ2n) is 3.67. The Morgan fingerprint density at radius 3 is 1.93 bits per heavy atom. The quantitative estimate of drug-likeness (QED) is 0.525. The summed E-state index contributed by atoms with van der Waals surface area (Å²) < 4.78 is 0.963. The molecule has 14 heavy (non-hydrogen) atoms. The lowest BCUT2D eigenvalue weighted by Gasteiger charge is -2.34. The fourth-order valence-electron chi connectivity index (χ4n) is 1.48. The lowest BCUT2D eigenvalue weighted by molar-refractivity contribution is -0.917. The number of rotatable bonds is 6. The van der Waals surface area contributed by atoms with Gasteiger partial charge in [-0.05, 0) is 33.8 Å². The Morgan fingerprint density at radius 1 is 1.21 bits per heavy atom. The van der Waals surface area contributed by atoms with Gasteiger partial charge in [0.25, 0.3) is 0 Å². The number of hydrogen-bond donors (Lipinski definition) is 1. The van der Waals surface area contributed by atoms with E-state index >= 15 is 0 Å². The number of carboxylic acids is 1. The molecular weight excluding hydrogens is 178 g/mol. The molecule has 0 aliphatic rings. The third-order valence-electron chi connectivity index (χ3n) is 3.13. The first kappa shape index (κ1) is 13.2. The number of carboxylic acid groups (broad SMARTS) is 1. The van der Waals surface area contributed by atoms with E-state index in [1.165, 1.54) is 0 Å². The van der Waals surface area contributed by atoms with Crippen molar-refractivity contribution in [2.45, 2.75) is 27.7 Å². The number of nitrogens with zero attached hydrogens (tertiary/aromatic N) is 1. The Hall–Kier alpha value is -0.830. The van der Waals surface area contributed by atoms with Crippen molar-refractivity contribution in [3.63, 3.8) is 0 Å². The SMILES string of the molecule is CC[N+](CC)(CC)CC=C(C)C(=O)O. The van der Waals surface area contributed by atoms with Gasteiger partial charge >= 0.3 is 5.97 Å². The summed E-state index contributed by atoms with van der Waals surface area (Å²) >= 11 is 0. The molecule has 0 aromatic heterocycles. The Morgan fingerprint density at radius 2 is 1.64 bits per heavy atom. The van der Waals surface area contributed by atoms with Gasteiger partial charge in [-0.25, -0.2) is 4.79 Å². The lowest BCUT2D eigenvalue weighted by atomic mass is 10.2. The molecule has 1 N–H and O–H groups in total. The molecule has 0 aromatic carbocycles. The van der Waals surface area contributed by atoms with Crippen LogP contribution < -0.4 is 0 Å². The molecule has 0 saturated carbocycles. The van der Waals surface area contributed by atoms with Crippen LogP contribution in [-0.2, 0) is 4.79 Å². The molecule has 3 heteroatoms. The van der Waals surface area contributed by atoms with Crippen LogP contribution in [0.5, 0.6) is 0 Å². The van der Waals surface area contributed by atoms with E-state index in [4.69, 9.17) is 5.11 Å². The summed E-state index contributed by atoms with van der Waals surface area (Å²) in [7, 11) is 0. The molecule has 0 amide bonds. The Labute approximate surface area is 86.6 Å². The Balaban J connectivity index is 4.46. The maximum Gasteiger partial charge on any atom is 0.331 e. The molecule has 0 bridgehead atoms. The van der Waals surface area contributed by atoms with Gasteiger partial charge in [-0.1, -0.05) is 0 Å². The predicted molar refractivity (Wildman–Crippen MR) is 58.1 cm³/mol. The van der Waals surface area contributed by atoms with Gasteiger partial charge in [0, 0.05) is 5.57 Å². The van der Waals surface area contributed by atoms with Crippen LogP contribution in [0, 0.1) is 0 Å². The van der Waals surface area contributed by atoms with Crippen LogP contribution in [-0.4, -0.2) is 41.7 Å². The maximum atomic E-state index is 10.6. The fourth-order valence-corrected chi connectivity index (χ4v) is 1.48. The number of hydrogen-bond acceptors (Lipinski definition) is 1. The molecule has 0 saturated heterocycles. The number of likely N-dealkylation sites (N-methyl/N-ethyl adjacent to an activating group) is 1. The van der Waals surface area contributed by atoms with Gasteiger partial charge in [-0.3, -0.25) is 0 Å². The van der Waals surface area contributed by atoms with Gasteiger partial charge in [-0.15, -0.1) is 0 Å². The van der Waals surface area contributed by atoms with Gasteiger partial charge in [0.05, 0.1) is 26.2 Å². The maximum absolute atomic E-state index is 10.6. The van der Waals surface area contributed by atoms with Crippen LogP contribution in [0.2, 0.25) is 0 Å². The van der Waals surface area contributed by atoms with Crippen LogP contribution in [0.1, 0.15) is 27.7 Å². The number of carbonyl (C=O) groups is 1. The molecular formula is C11H22NO2+. The van der Waals surface area contributed by atoms with Crippen LogP contribution in [0.3, 0.4) is 0 Å². The molecule has 0 fully saturated rings.